The molecule has 0 radical (unpaired) electrons. The van der Waals surface area contributed by atoms with Gasteiger partial charge in [-0.25, -0.2) is 4.98 Å². The van der Waals surface area contributed by atoms with Crippen LogP contribution in [0.25, 0.3) is 83.9 Å². The highest BCUT2D eigenvalue weighted by Crippen LogP contribution is 2.46. The minimum Gasteiger partial charge on any atom is -0.496 e. The number of methoxy groups -OCH3 is 1. The first-order valence-electron chi connectivity index (χ1n) is 24.0. The number of nitrogens with zero attached hydrogens (tertiary/aromatic N) is 3. The summed E-state index contributed by atoms with van der Waals surface area (Å²) >= 11 is 0. The molecule has 0 spiro atoms. The highest BCUT2D eigenvalue weighted by atomic mass is 16.5. The van der Waals surface area contributed by atoms with Crippen molar-refractivity contribution in [2.24, 2.45) is 0 Å². The zero-order valence-corrected chi connectivity index (χ0v) is 37.5. The zero-order valence-electron chi connectivity index (χ0n) is 42.5. The molecular formula is C59H55N3O. The second-order valence-electron chi connectivity index (χ2n) is 18.5. The number of ether oxygens (including phenoxy) is 1. The van der Waals surface area contributed by atoms with Crippen molar-refractivity contribution >= 4 is 11.0 Å². The van der Waals surface area contributed by atoms with E-state index in [4.69, 9.17) is 21.6 Å². The van der Waals surface area contributed by atoms with Gasteiger partial charge in [0.1, 0.15) is 11.6 Å². The standard InChI is InChI=1S/C59H55N3O/c1-38-30-39(2)56(63-9)50(31-38)57-61-55-47(44-32-45(34-46(33-44)58(3,4)5)52-35-43(28-29-60-52)40-20-13-10-14-21-40)26-19-27-53(55)62(57)54-37-48(41-22-15-11-16-23-41)51(59(6,7)8)36-49(54)42-24-17-12-18-25-42/h10-37H,1-9H3/i10D,13D,14D,20D,21D. The number of aryl methyl sites for hydroxylation is 2. The summed E-state index contributed by atoms with van der Waals surface area (Å²) in [6, 6.07) is 44.9. The van der Waals surface area contributed by atoms with E-state index in [1.165, 1.54) is 5.56 Å². The van der Waals surface area contributed by atoms with Crippen LogP contribution in [0.1, 0.15) is 70.7 Å². The minimum absolute atomic E-state index is 0.136. The summed E-state index contributed by atoms with van der Waals surface area (Å²) < 4.78 is 50.9. The molecule has 312 valence electrons. The van der Waals surface area contributed by atoms with E-state index in [0.29, 0.717) is 11.3 Å². The molecule has 7 aromatic carbocycles. The first-order chi connectivity index (χ1) is 32.3. The highest BCUT2D eigenvalue weighted by Gasteiger charge is 2.28. The number of aromatic nitrogens is 3. The van der Waals surface area contributed by atoms with Crippen molar-refractivity contribution in [3.8, 4) is 78.6 Å². The Morgan fingerprint density at radius 3 is 1.90 bits per heavy atom. The number of imidazole rings is 1. The first-order valence-corrected chi connectivity index (χ1v) is 21.5. The zero-order chi connectivity index (χ0) is 48.4. The van der Waals surface area contributed by atoms with Crippen LogP contribution in [0.3, 0.4) is 0 Å². The third-order valence-corrected chi connectivity index (χ3v) is 11.9. The van der Waals surface area contributed by atoms with Gasteiger partial charge in [0.2, 0.25) is 0 Å². The summed E-state index contributed by atoms with van der Waals surface area (Å²) in [7, 11) is 1.72. The van der Waals surface area contributed by atoms with Crippen molar-refractivity contribution in [3.63, 3.8) is 0 Å². The molecule has 9 aromatic rings. The SMILES string of the molecule is [2H]c1c([2H])c([2H])c(-c2ccnc(-c3cc(-c4cccc5c4nc(-c4cc(C)cc(C)c4OC)n5-c4cc(-c5ccccc5)c(C(C)(C)C)cc4-c4ccccc4)cc(C(C)(C)C)c3)c2)c([2H])c1[2H]. The summed E-state index contributed by atoms with van der Waals surface area (Å²) in [5.41, 5.74) is 15.9. The third-order valence-electron chi connectivity index (χ3n) is 11.9. The van der Waals surface area contributed by atoms with Gasteiger partial charge in [-0.1, -0.05) is 157 Å². The van der Waals surface area contributed by atoms with Gasteiger partial charge in [0.05, 0.1) is 41.9 Å². The van der Waals surface area contributed by atoms with Gasteiger partial charge in [-0.05, 0) is 129 Å². The molecule has 0 aliphatic carbocycles. The molecule has 0 saturated heterocycles. The Hall–Kier alpha value is -7.04. The quantitative estimate of drug-likeness (QED) is 0.153. The minimum atomic E-state index is -0.425. The average molecular weight is 827 g/mol. The van der Waals surface area contributed by atoms with Crippen molar-refractivity contribution < 1.29 is 11.6 Å². The van der Waals surface area contributed by atoms with Crippen LogP contribution >= 0.6 is 0 Å². The smallest absolute Gasteiger partial charge is 0.149 e. The summed E-state index contributed by atoms with van der Waals surface area (Å²) in [4.78, 5) is 10.5. The van der Waals surface area contributed by atoms with Crippen LogP contribution < -0.4 is 4.74 Å². The average Bonchev–Trinajstić information content (AvgIpc) is 3.72. The van der Waals surface area contributed by atoms with E-state index < -0.39 is 6.04 Å². The fraction of sp³-hybridized carbons (Fsp3) is 0.186. The topological polar surface area (TPSA) is 39.9 Å². The Morgan fingerprint density at radius 2 is 1.24 bits per heavy atom. The predicted molar refractivity (Wildman–Crippen MR) is 265 cm³/mol. The Labute approximate surface area is 380 Å². The molecule has 2 heterocycles. The lowest BCUT2D eigenvalue weighted by atomic mass is 9.79. The van der Waals surface area contributed by atoms with Gasteiger partial charge in [-0.3, -0.25) is 9.55 Å². The van der Waals surface area contributed by atoms with Crippen LogP contribution in [0.4, 0.5) is 0 Å². The second kappa shape index (κ2) is 16.3. The van der Waals surface area contributed by atoms with Crippen LogP contribution in [-0.4, -0.2) is 21.6 Å². The van der Waals surface area contributed by atoms with Crippen LogP contribution in [0, 0.1) is 13.8 Å². The molecule has 0 aliphatic heterocycles. The molecule has 0 saturated carbocycles. The molecule has 0 atom stereocenters. The monoisotopic (exact) mass is 826 g/mol. The fourth-order valence-corrected chi connectivity index (χ4v) is 8.75. The highest BCUT2D eigenvalue weighted by molar-refractivity contribution is 5.98. The van der Waals surface area contributed by atoms with Crippen molar-refractivity contribution in [1.82, 2.24) is 14.5 Å². The van der Waals surface area contributed by atoms with Crippen LogP contribution in [0.2, 0.25) is 0 Å². The van der Waals surface area contributed by atoms with Crippen molar-refractivity contribution in [2.75, 3.05) is 7.11 Å². The van der Waals surface area contributed by atoms with E-state index in [-0.39, 0.29) is 40.6 Å². The number of hydrogen-bond donors (Lipinski definition) is 0. The van der Waals surface area contributed by atoms with Gasteiger partial charge in [0, 0.05) is 22.9 Å². The number of pyridine rings is 1. The molecule has 9 rings (SSSR count). The van der Waals surface area contributed by atoms with Gasteiger partial charge in [-0.15, -0.1) is 0 Å². The molecule has 0 fully saturated rings. The molecule has 2 aromatic heterocycles. The van der Waals surface area contributed by atoms with Crippen LogP contribution in [0.15, 0.2) is 170 Å². The van der Waals surface area contributed by atoms with Gasteiger partial charge in [0.25, 0.3) is 0 Å². The molecular weight excluding hydrogens is 767 g/mol. The van der Waals surface area contributed by atoms with E-state index in [9.17, 15) is 0 Å². The first kappa shape index (κ1) is 35.5. The molecule has 63 heavy (non-hydrogen) atoms. The molecule has 0 unspecified atom stereocenters. The Kier molecular flexibility index (Phi) is 9.22. The lowest BCUT2D eigenvalue weighted by molar-refractivity contribution is 0.413. The predicted octanol–water partition coefficient (Wildman–Crippen LogP) is 15.6. The lowest BCUT2D eigenvalue weighted by Gasteiger charge is -2.27. The lowest BCUT2D eigenvalue weighted by Crippen LogP contribution is -2.14. The van der Waals surface area contributed by atoms with E-state index >= 15 is 0 Å². The second-order valence-corrected chi connectivity index (χ2v) is 18.5. The van der Waals surface area contributed by atoms with Crippen LogP contribution in [-0.2, 0) is 10.8 Å². The van der Waals surface area contributed by atoms with E-state index in [2.05, 4.69) is 181 Å². The Bertz CT molecular complexity index is 3390. The third kappa shape index (κ3) is 7.98. The van der Waals surface area contributed by atoms with Gasteiger partial charge in [-0.2, -0.15) is 0 Å². The van der Waals surface area contributed by atoms with Gasteiger partial charge < -0.3 is 4.74 Å². The van der Waals surface area contributed by atoms with E-state index in [1.54, 1.807) is 19.4 Å². The van der Waals surface area contributed by atoms with E-state index in [1.807, 2.05) is 6.07 Å². The number of rotatable bonds is 8. The molecule has 0 amide bonds. The van der Waals surface area contributed by atoms with Crippen molar-refractivity contribution in [1.29, 1.82) is 0 Å². The summed E-state index contributed by atoms with van der Waals surface area (Å²) in [5.74, 6) is 1.50. The van der Waals surface area contributed by atoms with Crippen molar-refractivity contribution in [2.45, 2.75) is 66.2 Å². The number of benzene rings is 7. The maximum Gasteiger partial charge on any atom is 0.149 e. The Balaban J connectivity index is 1.37. The normalized spacial score (nSPS) is 13.0. The maximum absolute atomic E-state index is 8.73. The summed E-state index contributed by atoms with van der Waals surface area (Å²) in [5, 5.41) is 0. The number of para-hydroxylation sites is 1. The number of fused-ring (bicyclic) bond motifs is 1. The fourth-order valence-electron chi connectivity index (χ4n) is 8.75. The Morgan fingerprint density at radius 1 is 0.556 bits per heavy atom. The molecule has 0 bridgehead atoms. The summed E-state index contributed by atoms with van der Waals surface area (Å²) in [6.45, 7) is 17.6. The number of hydrogen-bond acceptors (Lipinski definition) is 3. The maximum atomic E-state index is 8.73. The molecule has 4 heteroatoms. The van der Waals surface area contributed by atoms with E-state index in [0.717, 1.165) is 89.5 Å². The molecule has 4 nitrogen and oxygen atoms in total. The molecule has 0 N–H and O–H groups in total. The summed E-state index contributed by atoms with van der Waals surface area (Å²) in [6.07, 6.45) is 1.64. The largest absolute Gasteiger partial charge is 0.496 e. The molecule has 0 aliphatic rings. The van der Waals surface area contributed by atoms with Gasteiger partial charge >= 0.3 is 0 Å². The van der Waals surface area contributed by atoms with Crippen LogP contribution in [0.5, 0.6) is 5.75 Å². The van der Waals surface area contributed by atoms with Gasteiger partial charge in [0.15, 0.2) is 0 Å². The van der Waals surface area contributed by atoms with Crippen molar-refractivity contribution in [3.05, 3.63) is 192 Å².